The van der Waals surface area contributed by atoms with Crippen LogP contribution in [0.1, 0.15) is 47.1 Å². The Morgan fingerprint density at radius 3 is 2.39 bits per heavy atom. The lowest BCUT2D eigenvalue weighted by Gasteiger charge is -2.20. The molecular formula is C35H31FN6O4. The van der Waals surface area contributed by atoms with Crippen molar-refractivity contribution in [1.29, 1.82) is 0 Å². The van der Waals surface area contributed by atoms with Gasteiger partial charge in [0.1, 0.15) is 28.4 Å². The van der Waals surface area contributed by atoms with E-state index in [2.05, 4.69) is 27.1 Å². The molecule has 10 nitrogen and oxygen atoms in total. The summed E-state index contributed by atoms with van der Waals surface area (Å²) >= 11 is 0. The highest BCUT2D eigenvalue weighted by atomic mass is 19.1. The van der Waals surface area contributed by atoms with Crippen LogP contribution in [0.15, 0.2) is 94.9 Å². The number of ether oxygens (including phenoxy) is 1. The zero-order valence-electron chi connectivity index (χ0n) is 25.9. The van der Waals surface area contributed by atoms with Crippen molar-refractivity contribution in [3.8, 4) is 29.0 Å². The van der Waals surface area contributed by atoms with Crippen molar-refractivity contribution >= 4 is 17.4 Å². The number of aromatic nitrogens is 4. The molecule has 11 heteroatoms. The second-order valence-electron chi connectivity index (χ2n) is 10.6. The first-order valence-electron chi connectivity index (χ1n) is 14.4. The number of aryl methyl sites for hydroxylation is 1. The van der Waals surface area contributed by atoms with Gasteiger partial charge in [0.05, 0.1) is 5.69 Å². The van der Waals surface area contributed by atoms with Gasteiger partial charge < -0.3 is 15.0 Å². The molecule has 0 aliphatic rings. The Morgan fingerprint density at radius 1 is 0.978 bits per heavy atom. The molecule has 5 rings (SSSR count). The summed E-state index contributed by atoms with van der Waals surface area (Å²) in [6.45, 7) is 5.43. The average molecular weight is 619 g/mol. The maximum atomic E-state index is 15.5. The van der Waals surface area contributed by atoms with Crippen molar-refractivity contribution < 1.29 is 13.9 Å². The summed E-state index contributed by atoms with van der Waals surface area (Å²) in [4.78, 5) is 50.1. The molecule has 0 spiro atoms. The highest BCUT2D eigenvalue weighted by Gasteiger charge is 2.24. The quantitative estimate of drug-likeness (QED) is 0.246. The van der Waals surface area contributed by atoms with Crippen LogP contribution >= 0.6 is 0 Å². The van der Waals surface area contributed by atoms with E-state index in [1.807, 2.05) is 13.0 Å². The monoisotopic (exact) mass is 618 g/mol. The highest BCUT2D eigenvalue weighted by Crippen LogP contribution is 2.32. The third kappa shape index (κ3) is 6.42. The number of pyridine rings is 2. The summed E-state index contributed by atoms with van der Waals surface area (Å²) in [5, 5.41) is 2.96. The molecular weight excluding hydrogens is 587 g/mol. The van der Waals surface area contributed by atoms with Gasteiger partial charge in [0.2, 0.25) is 0 Å². The van der Waals surface area contributed by atoms with Gasteiger partial charge in [0, 0.05) is 56.5 Å². The number of nitrogens with zero attached hydrogens (tertiary/aromatic N) is 5. The van der Waals surface area contributed by atoms with Gasteiger partial charge in [-0.15, -0.1) is 0 Å². The van der Waals surface area contributed by atoms with Gasteiger partial charge in [-0.1, -0.05) is 29.7 Å². The van der Waals surface area contributed by atoms with Crippen LogP contribution in [0.4, 0.5) is 15.9 Å². The molecule has 1 N–H and O–H groups in total. The molecule has 1 amide bonds. The Kier molecular flexibility index (Phi) is 9.09. The van der Waals surface area contributed by atoms with E-state index in [0.29, 0.717) is 22.8 Å². The van der Waals surface area contributed by atoms with Crippen molar-refractivity contribution in [2.75, 3.05) is 24.3 Å². The molecule has 0 saturated carbocycles. The van der Waals surface area contributed by atoms with Crippen LogP contribution in [0.2, 0.25) is 0 Å². The molecule has 0 fully saturated rings. The van der Waals surface area contributed by atoms with Crippen molar-refractivity contribution in [2.24, 2.45) is 0 Å². The van der Waals surface area contributed by atoms with Crippen LogP contribution in [0, 0.1) is 24.6 Å². The highest BCUT2D eigenvalue weighted by molar-refractivity contribution is 6.05. The Labute approximate surface area is 264 Å². The second-order valence-corrected chi connectivity index (χ2v) is 10.6. The summed E-state index contributed by atoms with van der Waals surface area (Å²) < 4.78 is 23.7. The first-order chi connectivity index (χ1) is 22.1. The summed E-state index contributed by atoms with van der Waals surface area (Å²) in [6, 6.07) is 17.4. The van der Waals surface area contributed by atoms with E-state index in [-0.39, 0.29) is 28.8 Å². The maximum Gasteiger partial charge on any atom is 0.335 e. The van der Waals surface area contributed by atoms with Gasteiger partial charge >= 0.3 is 5.69 Å². The lowest BCUT2D eigenvalue weighted by molar-refractivity contribution is 0.0990. The van der Waals surface area contributed by atoms with Gasteiger partial charge in [-0.05, 0) is 63.1 Å². The van der Waals surface area contributed by atoms with Crippen LogP contribution in [-0.4, -0.2) is 39.1 Å². The van der Waals surface area contributed by atoms with Crippen LogP contribution in [-0.2, 0) is 0 Å². The minimum absolute atomic E-state index is 0.117. The van der Waals surface area contributed by atoms with Crippen LogP contribution < -0.4 is 26.2 Å². The number of anilines is 2. The number of hydrogen-bond acceptors (Lipinski definition) is 7. The minimum atomic E-state index is -0.777. The van der Waals surface area contributed by atoms with E-state index in [1.165, 1.54) is 36.1 Å². The van der Waals surface area contributed by atoms with Crippen LogP contribution in [0.5, 0.6) is 11.5 Å². The first kappa shape index (κ1) is 31.4. The van der Waals surface area contributed by atoms with Crippen molar-refractivity contribution in [3.05, 3.63) is 134 Å². The van der Waals surface area contributed by atoms with E-state index < -0.39 is 23.0 Å². The van der Waals surface area contributed by atoms with Crippen molar-refractivity contribution in [1.82, 2.24) is 19.1 Å². The fourth-order valence-electron chi connectivity index (χ4n) is 4.61. The number of carbonyl (C=O) groups excluding carboxylic acids is 1. The lowest BCUT2D eigenvalue weighted by atomic mass is 10.2. The third-order valence-electron chi connectivity index (χ3n) is 7.15. The maximum absolute atomic E-state index is 15.5. The Balaban J connectivity index is 1.47. The van der Waals surface area contributed by atoms with Gasteiger partial charge in [0.15, 0.2) is 11.6 Å². The van der Waals surface area contributed by atoms with E-state index in [0.717, 1.165) is 21.1 Å². The van der Waals surface area contributed by atoms with Gasteiger partial charge in [-0.2, -0.15) is 0 Å². The summed E-state index contributed by atoms with van der Waals surface area (Å²) in [6.07, 6.45) is 4.39. The molecule has 0 aliphatic carbocycles. The molecule has 0 bridgehead atoms. The normalized spacial score (nSPS) is 10.7. The Bertz CT molecular complexity index is 2100. The fraction of sp³-hybridized carbons (Fsp3) is 0.171. The molecule has 0 atom stereocenters. The van der Waals surface area contributed by atoms with Crippen molar-refractivity contribution in [2.45, 2.75) is 26.8 Å². The molecule has 2 aromatic carbocycles. The Morgan fingerprint density at radius 2 is 1.74 bits per heavy atom. The third-order valence-corrected chi connectivity index (χ3v) is 7.15. The lowest BCUT2D eigenvalue weighted by Crippen LogP contribution is -2.44. The SMILES string of the molecule is CNc1nccc(Oc2ccc(N(C)C(=O)c3cn(C(C)C)c(=O)n(-c4ccc(C)cc4)c3=O)cc2F)c1C#Cc1ccccn1. The molecule has 0 aliphatic heterocycles. The van der Waals surface area contributed by atoms with Crippen LogP contribution in [0.3, 0.4) is 0 Å². The van der Waals surface area contributed by atoms with Crippen LogP contribution in [0.25, 0.3) is 5.69 Å². The second kappa shape index (κ2) is 13.3. The number of hydrogen-bond donors (Lipinski definition) is 1. The van der Waals surface area contributed by atoms with Gasteiger partial charge in [-0.25, -0.2) is 23.7 Å². The van der Waals surface area contributed by atoms with E-state index >= 15 is 4.39 Å². The Hall–Kier alpha value is -6.02. The smallest absolute Gasteiger partial charge is 0.335 e. The predicted molar refractivity (Wildman–Crippen MR) is 175 cm³/mol. The molecule has 232 valence electrons. The fourth-order valence-corrected chi connectivity index (χ4v) is 4.61. The largest absolute Gasteiger partial charge is 0.453 e. The number of benzene rings is 2. The number of nitrogens with one attached hydrogen (secondary N) is 1. The summed E-state index contributed by atoms with van der Waals surface area (Å²) in [5.74, 6) is 5.06. The van der Waals surface area contributed by atoms with Gasteiger partial charge in [-0.3, -0.25) is 14.2 Å². The molecule has 3 aromatic heterocycles. The number of amides is 1. The number of rotatable bonds is 7. The molecule has 0 unspecified atom stereocenters. The predicted octanol–water partition coefficient (Wildman–Crippen LogP) is 5.33. The van der Waals surface area contributed by atoms with E-state index in [1.54, 1.807) is 69.6 Å². The number of halogens is 1. The molecule has 3 heterocycles. The zero-order chi connectivity index (χ0) is 33.0. The number of carbonyl (C=O) groups is 1. The standard InChI is InChI=1S/C35H31FN6O4/c1-22(2)41-21-28(34(44)42(35(41)45)25-12-9-23(3)10-13-25)33(43)40(5)26-14-16-31(29(36)20-26)46-30-17-19-39-32(37-4)27(30)15-11-24-8-6-7-18-38-24/h6-10,12-14,16-22H,1-5H3,(H,37,39). The molecule has 46 heavy (non-hydrogen) atoms. The topological polar surface area (TPSA) is 111 Å². The summed E-state index contributed by atoms with van der Waals surface area (Å²) in [7, 11) is 3.11. The van der Waals surface area contributed by atoms with E-state index in [4.69, 9.17) is 4.74 Å². The molecule has 0 radical (unpaired) electrons. The zero-order valence-corrected chi connectivity index (χ0v) is 25.9. The van der Waals surface area contributed by atoms with E-state index in [9.17, 15) is 14.4 Å². The minimum Gasteiger partial charge on any atom is -0.453 e. The molecule has 0 saturated heterocycles. The molecule has 5 aromatic rings. The summed E-state index contributed by atoms with van der Waals surface area (Å²) in [5.41, 5.74) is 0.791. The average Bonchev–Trinajstić information content (AvgIpc) is 3.05. The van der Waals surface area contributed by atoms with Gasteiger partial charge in [0.25, 0.3) is 11.5 Å². The van der Waals surface area contributed by atoms with Crippen molar-refractivity contribution in [3.63, 3.8) is 0 Å². The first-order valence-corrected chi connectivity index (χ1v) is 14.4.